The Bertz CT molecular complexity index is 1470. The molecule has 7 heteroatoms. The lowest BCUT2D eigenvalue weighted by atomic mass is 9.87. The van der Waals surface area contributed by atoms with Crippen molar-refractivity contribution in [1.29, 1.82) is 0 Å². The number of aromatic nitrogens is 2. The van der Waals surface area contributed by atoms with Gasteiger partial charge in [-0.25, -0.2) is 4.79 Å². The Balaban J connectivity index is 1.85. The molecule has 2 aromatic carbocycles. The van der Waals surface area contributed by atoms with Crippen LogP contribution in [-0.4, -0.2) is 32.8 Å². The number of ether oxygens (including phenoxy) is 1. The third-order valence-electron chi connectivity index (χ3n) is 6.95. The van der Waals surface area contributed by atoms with Gasteiger partial charge < -0.3 is 19.3 Å². The van der Waals surface area contributed by atoms with Gasteiger partial charge in [0.2, 0.25) is 0 Å². The molecule has 0 radical (unpaired) electrons. The first-order chi connectivity index (χ1) is 17.5. The quantitative estimate of drug-likeness (QED) is 0.300. The van der Waals surface area contributed by atoms with E-state index in [4.69, 9.17) is 16.3 Å². The number of carbonyl (C=O) groups is 1. The summed E-state index contributed by atoms with van der Waals surface area (Å²) < 4.78 is 8.60. The van der Waals surface area contributed by atoms with Crippen molar-refractivity contribution in [3.8, 4) is 11.1 Å². The Hall–Kier alpha value is -3.35. The zero-order valence-corrected chi connectivity index (χ0v) is 22.6. The number of aryl methyl sites for hydroxylation is 1. The predicted octanol–water partition coefficient (Wildman–Crippen LogP) is 6.93. The summed E-state index contributed by atoms with van der Waals surface area (Å²) in [7, 11) is 0. The maximum absolute atomic E-state index is 12.8. The van der Waals surface area contributed by atoms with E-state index in [1.165, 1.54) is 0 Å². The van der Waals surface area contributed by atoms with Gasteiger partial charge in [-0.15, -0.1) is 0 Å². The van der Waals surface area contributed by atoms with E-state index in [9.17, 15) is 9.90 Å². The molecule has 192 valence electrons. The molecule has 0 fully saturated rings. The fourth-order valence-corrected chi connectivity index (χ4v) is 5.60. The third kappa shape index (κ3) is 4.72. The summed E-state index contributed by atoms with van der Waals surface area (Å²) in [5, 5.41) is 12.1. The molecule has 5 rings (SSSR count). The Morgan fingerprint density at radius 2 is 1.78 bits per heavy atom. The van der Waals surface area contributed by atoms with Crippen molar-refractivity contribution in [2.75, 3.05) is 11.4 Å². The van der Waals surface area contributed by atoms with E-state index in [0.29, 0.717) is 17.1 Å². The second-order valence-corrected chi connectivity index (χ2v) is 11.1. The van der Waals surface area contributed by atoms with E-state index >= 15 is 0 Å². The molecule has 2 aromatic heterocycles. The van der Waals surface area contributed by atoms with Crippen LogP contribution in [0.3, 0.4) is 0 Å². The van der Waals surface area contributed by atoms with Gasteiger partial charge in [0.15, 0.2) is 6.10 Å². The molecule has 0 amide bonds. The average molecular weight is 518 g/mol. The minimum absolute atomic E-state index is 0.633. The van der Waals surface area contributed by atoms with Crippen molar-refractivity contribution in [3.05, 3.63) is 82.3 Å². The smallest absolute Gasteiger partial charge is 0.337 e. The minimum Gasteiger partial charge on any atom is -0.479 e. The highest BCUT2D eigenvalue weighted by molar-refractivity contribution is 6.30. The van der Waals surface area contributed by atoms with Gasteiger partial charge in [0.1, 0.15) is 0 Å². The number of nitrogens with zero attached hydrogens (tertiary/aromatic N) is 3. The highest BCUT2D eigenvalue weighted by Crippen LogP contribution is 2.48. The van der Waals surface area contributed by atoms with E-state index in [1.807, 2.05) is 64.1 Å². The van der Waals surface area contributed by atoms with Gasteiger partial charge in [-0.3, -0.25) is 4.98 Å². The van der Waals surface area contributed by atoms with Crippen LogP contribution in [0.4, 0.5) is 5.69 Å². The van der Waals surface area contributed by atoms with Crippen LogP contribution in [0.5, 0.6) is 0 Å². The number of rotatable bonds is 6. The van der Waals surface area contributed by atoms with E-state index < -0.39 is 17.7 Å². The first-order valence-corrected chi connectivity index (χ1v) is 12.9. The number of halogens is 1. The second-order valence-electron chi connectivity index (χ2n) is 10.7. The van der Waals surface area contributed by atoms with Gasteiger partial charge in [0, 0.05) is 53.7 Å². The maximum atomic E-state index is 12.8. The molecule has 0 bridgehead atoms. The van der Waals surface area contributed by atoms with Crippen LogP contribution >= 0.6 is 11.6 Å². The van der Waals surface area contributed by atoms with Crippen LogP contribution in [0.25, 0.3) is 22.0 Å². The summed E-state index contributed by atoms with van der Waals surface area (Å²) in [5.41, 5.74) is 7.24. The van der Waals surface area contributed by atoms with Crippen LogP contribution in [0, 0.1) is 13.8 Å². The molecule has 6 nitrogen and oxygen atoms in total. The van der Waals surface area contributed by atoms with Crippen LogP contribution < -0.4 is 4.90 Å². The zero-order chi connectivity index (χ0) is 26.5. The van der Waals surface area contributed by atoms with Gasteiger partial charge in [0.05, 0.1) is 16.8 Å². The largest absolute Gasteiger partial charge is 0.479 e. The van der Waals surface area contributed by atoms with Gasteiger partial charge in [-0.2, -0.15) is 0 Å². The number of hydrogen-bond donors (Lipinski definition) is 1. The molecule has 1 aliphatic heterocycles. The van der Waals surface area contributed by atoms with Crippen LogP contribution in [-0.2, 0) is 22.6 Å². The summed E-state index contributed by atoms with van der Waals surface area (Å²) in [4.78, 5) is 19.3. The SMILES string of the molecule is Cc1c(C(OC(C)(C)C)C(=O)O)c(-c2ccc(Cl)cc2)c2cc(C)n3c2c1N(Cc1ccncc1)CC3. The molecular weight excluding hydrogens is 486 g/mol. The number of hydrogen-bond acceptors (Lipinski definition) is 4. The lowest BCUT2D eigenvalue weighted by Crippen LogP contribution is -2.33. The fourth-order valence-electron chi connectivity index (χ4n) is 5.48. The van der Waals surface area contributed by atoms with Crippen molar-refractivity contribution in [2.24, 2.45) is 0 Å². The molecular formula is C30H32ClN3O3. The molecule has 1 unspecified atom stereocenters. The lowest BCUT2D eigenvalue weighted by Gasteiger charge is -2.36. The van der Waals surface area contributed by atoms with E-state index in [2.05, 4.69) is 27.4 Å². The Labute approximate surface area is 222 Å². The number of aliphatic carboxylic acids is 1. The second kappa shape index (κ2) is 9.51. The summed E-state index contributed by atoms with van der Waals surface area (Å²) in [6.07, 6.45) is 2.47. The first kappa shape index (κ1) is 25.3. The molecule has 3 heterocycles. The predicted molar refractivity (Wildman–Crippen MR) is 148 cm³/mol. The summed E-state index contributed by atoms with van der Waals surface area (Å²) in [6, 6.07) is 13.8. The average Bonchev–Trinajstić information content (AvgIpc) is 3.17. The molecule has 37 heavy (non-hydrogen) atoms. The zero-order valence-electron chi connectivity index (χ0n) is 21.9. The van der Waals surface area contributed by atoms with Crippen molar-refractivity contribution in [1.82, 2.24) is 9.55 Å². The Morgan fingerprint density at radius 1 is 1.11 bits per heavy atom. The molecule has 0 saturated carbocycles. The molecule has 0 saturated heterocycles. The fraction of sp³-hybridized carbons (Fsp3) is 0.333. The monoisotopic (exact) mass is 517 g/mol. The maximum Gasteiger partial charge on any atom is 0.337 e. The molecule has 1 atom stereocenters. The van der Waals surface area contributed by atoms with Crippen molar-refractivity contribution in [2.45, 2.75) is 59.4 Å². The summed E-state index contributed by atoms with van der Waals surface area (Å²) in [6.45, 7) is 12.2. The van der Waals surface area contributed by atoms with Gasteiger partial charge in [0.25, 0.3) is 0 Å². The lowest BCUT2D eigenvalue weighted by molar-refractivity contribution is -0.160. The number of anilines is 1. The molecule has 0 aliphatic carbocycles. The van der Waals surface area contributed by atoms with E-state index in [1.54, 1.807) is 12.4 Å². The molecule has 4 aromatic rings. The van der Waals surface area contributed by atoms with Crippen molar-refractivity contribution < 1.29 is 14.6 Å². The highest BCUT2D eigenvalue weighted by atomic mass is 35.5. The Morgan fingerprint density at radius 3 is 2.41 bits per heavy atom. The summed E-state index contributed by atoms with van der Waals surface area (Å²) in [5.74, 6) is -1.01. The van der Waals surface area contributed by atoms with Crippen LogP contribution in [0.1, 0.15) is 49.3 Å². The third-order valence-corrected chi connectivity index (χ3v) is 7.20. The van der Waals surface area contributed by atoms with Crippen molar-refractivity contribution in [3.63, 3.8) is 0 Å². The van der Waals surface area contributed by atoms with Crippen molar-refractivity contribution >= 4 is 34.2 Å². The standard InChI is InChI=1S/C30H32ClN3O3/c1-18-16-23-25(21-6-8-22(31)9-7-21)24(28(29(35)36)37-30(3,4)5)19(2)26-27(23)34(18)15-14-33(26)17-20-10-12-32-13-11-20/h6-13,16,28H,14-15,17H2,1-5H3,(H,35,36). The molecule has 1 aliphatic rings. The summed E-state index contributed by atoms with van der Waals surface area (Å²) >= 11 is 6.24. The van der Waals surface area contributed by atoms with Gasteiger partial charge in [-0.1, -0.05) is 23.7 Å². The number of pyridine rings is 1. The minimum atomic E-state index is -1.14. The van der Waals surface area contributed by atoms with Crippen LogP contribution in [0.15, 0.2) is 54.9 Å². The number of benzene rings is 2. The van der Waals surface area contributed by atoms with E-state index in [-0.39, 0.29) is 0 Å². The first-order valence-electron chi connectivity index (χ1n) is 12.5. The number of carboxylic acid groups (broad SMARTS) is 1. The molecule has 1 N–H and O–H groups in total. The van der Waals surface area contributed by atoms with Crippen LogP contribution in [0.2, 0.25) is 5.02 Å². The molecule has 0 spiro atoms. The Kier molecular flexibility index (Phi) is 6.50. The highest BCUT2D eigenvalue weighted by Gasteiger charge is 2.36. The number of carboxylic acids is 1. The van der Waals surface area contributed by atoms with Gasteiger partial charge >= 0.3 is 5.97 Å². The topological polar surface area (TPSA) is 67.6 Å². The van der Waals surface area contributed by atoms with Gasteiger partial charge in [-0.05, 0) is 87.2 Å². The normalized spacial score (nSPS) is 14.3. The van der Waals surface area contributed by atoms with E-state index in [0.717, 1.165) is 57.6 Å².